The normalized spacial score (nSPS) is 16.5. The van der Waals surface area contributed by atoms with E-state index in [2.05, 4.69) is 72.1 Å². The monoisotopic (exact) mass is 405 g/mol. The summed E-state index contributed by atoms with van der Waals surface area (Å²) >= 11 is 0. The largest absolute Gasteiger partial charge is 0.327 e. The van der Waals surface area contributed by atoms with Crippen molar-refractivity contribution in [3.63, 3.8) is 0 Å². The van der Waals surface area contributed by atoms with Crippen molar-refractivity contribution in [3.05, 3.63) is 59.7 Å². The van der Waals surface area contributed by atoms with Crippen LogP contribution in [0.5, 0.6) is 0 Å². The van der Waals surface area contributed by atoms with Gasteiger partial charge in [-0.05, 0) is 75.5 Å². The molecule has 30 heavy (non-hydrogen) atoms. The Morgan fingerprint density at radius 1 is 1.20 bits per heavy atom. The lowest BCUT2D eigenvalue weighted by molar-refractivity contribution is 0.201. The van der Waals surface area contributed by atoms with Crippen LogP contribution in [0.25, 0.3) is 11.0 Å². The van der Waals surface area contributed by atoms with Gasteiger partial charge in [-0.3, -0.25) is 9.88 Å². The first-order chi connectivity index (χ1) is 14.6. The first-order valence-electron chi connectivity index (χ1n) is 11.4. The van der Waals surface area contributed by atoms with Crippen molar-refractivity contribution in [2.24, 2.45) is 5.92 Å². The van der Waals surface area contributed by atoms with E-state index in [1.807, 2.05) is 6.20 Å². The maximum atomic E-state index is 5.01. The van der Waals surface area contributed by atoms with Crippen molar-refractivity contribution < 1.29 is 0 Å². The van der Waals surface area contributed by atoms with Gasteiger partial charge < -0.3 is 9.88 Å². The molecule has 0 fully saturated rings. The van der Waals surface area contributed by atoms with Crippen LogP contribution in [-0.2, 0) is 19.5 Å². The van der Waals surface area contributed by atoms with E-state index >= 15 is 0 Å². The molecule has 1 N–H and O–H groups in total. The molecule has 0 spiro atoms. The number of para-hydroxylation sites is 2. The van der Waals surface area contributed by atoms with E-state index in [-0.39, 0.29) is 0 Å². The molecule has 3 aromatic rings. The van der Waals surface area contributed by atoms with Crippen LogP contribution >= 0.6 is 0 Å². The van der Waals surface area contributed by atoms with Gasteiger partial charge >= 0.3 is 0 Å². The number of fused-ring (bicyclic) bond motifs is 2. The number of pyridine rings is 1. The minimum absolute atomic E-state index is 0.371. The van der Waals surface area contributed by atoms with Crippen LogP contribution in [0.1, 0.15) is 56.2 Å². The van der Waals surface area contributed by atoms with Crippen LogP contribution in [0.15, 0.2) is 42.6 Å². The minimum atomic E-state index is 0.371. The lowest BCUT2D eigenvalue weighted by Crippen LogP contribution is -2.29. The van der Waals surface area contributed by atoms with E-state index in [4.69, 9.17) is 9.97 Å². The molecule has 4 rings (SSSR count). The number of nitrogens with one attached hydrogen (secondary N) is 1. The van der Waals surface area contributed by atoms with Gasteiger partial charge in [0.2, 0.25) is 0 Å². The Balaban J connectivity index is 1.51. The number of aromatic nitrogens is 3. The van der Waals surface area contributed by atoms with Gasteiger partial charge in [0, 0.05) is 12.7 Å². The van der Waals surface area contributed by atoms with Crippen LogP contribution in [0.4, 0.5) is 0 Å². The first-order valence-corrected chi connectivity index (χ1v) is 11.4. The van der Waals surface area contributed by atoms with Crippen molar-refractivity contribution in [1.29, 1.82) is 0 Å². The molecule has 2 aromatic heterocycles. The highest BCUT2D eigenvalue weighted by molar-refractivity contribution is 5.75. The summed E-state index contributed by atoms with van der Waals surface area (Å²) in [6, 6.07) is 13.2. The highest BCUT2D eigenvalue weighted by Gasteiger charge is 2.26. The molecule has 0 saturated carbocycles. The van der Waals surface area contributed by atoms with E-state index in [0.717, 1.165) is 50.4 Å². The molecule has 1 atom stereocenters. The number of imidazole rings is 1. The predicted molar refractivity (Wildman–Crippen MR) is 123 cm³/mol. The summed E-state index contributed by atoms with van der Waals surface area (Å²) in [5, 5.41) is 3.57. The standard InChI is InChI=1S/C25H35N5/c1-19(2)17-26-14-8-16-30-22-12-5-4-11-21(22)28-24(30)18-29(3)23-13-6-9-20-10-7-15-27-25(20)23/h4-5,7,10-12,15,19,23,26H,6,8-9,13-14,16-18H2,1-3H3. The van der Waals surface area contributed by atoms with Crippen molar-refractivity contribution >= 4 is 11.0 Å². The summed E-state index contributed by atoms with van der Waals surface area (Å²) in [7, 11) is 2.22. The molecule has 0 amide bonds. The number of rotatable bonds is 9. The third kappa shape index (κ3) is 4.73. The van der Waals surface area contributed by atoms with Gasteiger partial charge in [-0.2, -0.15) is 0 Å². The maximum absolute atomic E-state index is 5.01. The minimum Gasteiger partial charge on any atom is -0.327 e. The van der Waals surface area contributed by atoms with Crippen LogP contribution in [0.2, 0.25) is 0 Å². The first kappa shape index (κ1) is 21.0. The molecule has 0 radical (unpaired) electrons. The van der Waals surface area contributed by atoms with Gasteiger partial charge in [0.15, 0.2) is 0 Å². The van der Waals surface area contributed by atoms with Gasteiger partial charge in [-0.15, -0.1) is 0 Å². The van der Waals surface area contributed by atoms with E-state index in [9.17, 15) is 0 Å². The highest BCUT2D eigenvalue weighted by atomic mass is 15.2. The topological polar surface area (TPSA) is 46.0 Å². The van der Waals surface area contributed by atoms with Crippen molar-refractivity contribution in [2.75, 3.05) is 20.1 Å². The number of hydrogen-bond donors (Lipinski definition) is 1. The zero-order chi connectivity index (χ0) is 20.9. The molecule has 0 bridgehead atoms. The summed E-state index contributed by atoms with van der Waals surface area (Å²) < 4.78 is 2.42. The van der Waals surface area contributed by atoms with Crippen molar-refractivity contribution in [2.45, 2.75) is 58.7 Å². The smallest absolute Gasteiger partial charge is 0.124 e. The number of benzene rings is 1. The summed E-state index contributed by atoms with van der Waals surface area (Å²) in [5.74, 6) is 1.85. The molecule has 2 heterocycles. The third-order valence-corrected chi connectivity index (χ3v) is 6.11. The molecule has 0 aliphatic heterocycles. The Hall–Kier alpha value is -2.24. The zero-order valence-electron chi connectivity index (χ0n) is 18.6. The van der Waals surface area contributed by atoms with Crippen molar-refractivity contribution in [3.8, 4) is 0 Å². The molecule has 5 heteroatoms. The Morgan fingerprint density at radius 3 is 2.93 bits per heavy atom. The predicted octanol–water partition coefficient (Wildman–Crippen LogP) is 4.58. The van der Waals surface area contributed by atoms with Gasteiger partial charge in [-0.1, -0.05) is 32.0 Å². The maximum Gasteiger partial charge on any atom is 0.124 e. The Bertz CT molecular complexity index is 961. The Morgan fingerprint density at radius 2 is 2.07 bits per heavy atom. The molecule has 1 aromatic carbocycles. The number of nitrogens with zero attached hydrogens (tertiary/aromatic N) is 4. The summed E-state index contributed by atoms with van der Waals surface area (Å²) in [5.41, 5.74) is 5.00. The van der Waals surface area contributed by atoms with Gasteiger partial charge in [0.1, 0.15) is 5.82 Å². The molecule has 1 aliphatic carbocycles. The molecule has 5 nitrogen and oxygen atoms in total. The molecule has 0 saturated heterocycles. The van der Waals surface area contributed by atoms with E-state index < -0.39 is 0 Å². The summed E-state index contributed by atoms with van der Waals surface area (Å²) in [6.07, 6.45) is 6.59. The van der Waals surface area contributed by atoms with Crippen LogP contribution in [0.3, 0.4) is 0 Å². The lowest BCUT2D eigenvalue weighted by Gasteiger charge is -2.32. The second-order valence-corrected chi connectivity index (χ2v) is 8.99. The quantitative estimate of drug-likeness (QED) is 0.530. The fraction of sp³-hybridized carbons (Fsp3) is 0.520. The van der Waals surface area contributed by atoms with Gasteiger partial charge in [0.25, 0.3) is 0 Å². The Labute approximate surface area is 180 Å². The van der Waals surface area contributed by atoms with Crippen LogP contribution in [0, 0.1) is 5.92 Å². The zero-order valence-corrected chi connectivity index (χ0v) is 18.6. The van der Waals surface area contributed by atoms with Gasteiger partial charge in [0.05, 0.1) is 29.3 Å². The van der Waals surface area contributed by atoms with Gasteiger partial charge in [-0.25, -0.2) is 4.98 Å². The summed E-state index contributed by atoms with van der Waals surface area (Å²) in [6.45, 7) is 8.46. The van der Waals surface area contributed by atoms with E-state index in [1.165, 1.54) is 29.6 Å². The third-order valence-electron chi connectivity index (χ3n) is 6.11. The van der Waals surface area contributed by atoms with Crippen molar-refractivity contribution in [1.82, 2.24) is 24.8 Å². The van der Waals surface area contributed by atoms with Crippen LogP contribution in [-0.4, -0.2) is 39.6 Å². The lowest BCUT2D eigenvalue weighted by atomic mass is 9.91. The highest BCUT2D eigenvalue weighted by Crippen LogP contribution is 2.33. The number of aryl methyl sites for hydroxylation is 2. The molecule has 160 valence electrons. The SMILES string of the molecule is CC(C)CNCCCn1c(CN(C)C2CCCc3cccnc32)nc2ccccc21. The molecular formula is C25H35N5. The average Bonchev–Trinajstić information content (AvgIpc) is 3.10. The second kappa shape index (κ2) is 9.71. The molecule has 1 aliphatic rings. The molecular weight excluding hydrogens is 370 g/mol. The average molecular weight is 406 g/mol. The second-order valence-electron chi connectivity index (χ2n) is 8.99. The van der Waals surface area contributed by atoms with Crippen LogP contribution < -0.4 is 5.32 Å². The molecule has 1 unspecified atom stereocenters. The van der Waals surface area contributed by atoms with E-state index in [1.54, 1.807) is 0 Å². The fourth-order valence-corrected chi connectivity index (χ4v) is 4.60. The van der Waals surface area contributed by atoms with E-state index in [0.29, 0.717) is 12.0 Å². The fourth-order valence-electron chi connectivity index (χ4n) is 4.60. The Kier molecular flexibility index (Phi) is 6.80. The number of hydrogen-bond acceptors (Lipinski definition) is 4. The summed E-state index contributed by atoms with van der Waals surface area (Å²) in [4.78, 5) is 12.2.